The van der Waals surface area contributed by atoms with Gasteiger partial charge in [0.1, 0.15) is 0 Å². The molecule has 98 valence electrons. The monoisotopic (exact) mass is 270 g/mol. The highest BCUT2D eigenvalue weighted by Crippen LogP contribution is 2.20. The van der Waals surface area contributed by atoms with Gasteiger partial charge in [-0.25, -0.2) is 0 Å². The highest BCUT2D eigenvalue weighted by molar-refractivity contribution is 6.34. The van der Waals surface area contributed by atoms with Crippen molar-refractivity contribution < 1.29 is 14.7 Å². The number of benzene rings is 1. The minimum atomic E-state index is -0.788. The van der Waals surface area contributed by atoms with Crippen LogP contribution in [0, 0.1) is 0 Å². The average Bonchev–Trinajstić information content (AvgIpc) is 2.27. The molecule has 0 spiro atoms. The molecule has 0 aliphatic rings. The molecule has 1 aromatic rings. The zero-order chi connectivity index (χ0) is 13.5. The molecule has 4 N–H and O–H groups in total. The fourth-order valence-corrected chi connectivity index (χ4v) is 1.73. The smallest absolute Gasteiger partial charge is 0.303 e. The van der Waals surface area contributed by atoms with Crippen molar-refractivity contribution in [1.82, 2.24) is 0 Å². The molecule has 0 saturated carbocycles. The molecule has 0 unspecified atom stereocenters. The minimum absolute atomic E-state index is 0.170. The number of rotatable bonds is 7. The Kier molecular flexibility index (Phi) is 5.45. The molecule has 0 aliphatic carbocycles. The predicted octanol–water partition coefficient (Wildman–Crippen LogP) is 2.11. The number of primary amides is 1. The molecule has 0 aromatic heterocycles. The Balaban J connectivity index is 2.42. The van der Waals surface area contributed by atoms with Gasteiger partial charge in [-0.2, -0.15) is 0 Å². The first-order valence-electron chi connectivity index (χ1n) is 5.55. The summed E-state index contributed by atoms with van der Waals surface area (Å²) in [5.41, 5.74) is 6.20. The van der Waals surface area contributed by atoms with Crippen LogP contribution >= 0.6 is 11.6 Å². The van der Waals surface area contributed by atoms with Gasteiger partial charge in [-0.15, -0.1) is 0 Å². The van der Waals surface area contributed by atoms with Gasteiger partial charge in [-0.1, -0.05) is 11.6 Å². The lowest BCUT2D eigenvalue weighted by Crippen LogP contribution is -2.11. The Morgan fingerprint density at radius 1 is 1.33 bits per heavy atom. The van der Waals surface area contributed by atoms with Gasteiger partial charge < -0.3 is 16.2 Å². The van der Waals surface area contributed by atoms with Crippen LogP contribution in [0.1, 0.15) is 29.6 Å². The van der Waals surface area contributed by atoms with Crippen LogP contribution in [-0.4, -0.2) is 23.5 Å². The van der Waals surface area contributed by atoms with Crippen LogP contribution in [0.25, 0.3) is 0 Å². The molecule has 1 aromatic carbocycles. The van der Waals surface area contributed by atoms with Gasteiger partial charge in [0.15, 0.2) is 0 Å². The van der Waals surface area contributed by atoms with Crippen molar-refractivity contribution in [3.05, 3.63) is 28.8 Å². The molecule has 6 heteroatoms. The van der Waals surface area contributed by atoms with Crippen LogP contribution in [0.3, 0.4) is 0 Å². The summed E-state index contributed by atoms with van der Waals surface area (Å²) in [5.74, 6) is -1.35. The normalized spacial score (nSPS) is 10.1. The first-order chi connectivity index (χ1) is 8.50. The van der Waals surface area contributed by atoms with Gasteiger partial charge in [-0.3, -0.25) is 9.59 Å². The number of anilines is 1. The number of amides is 1. The number of nitrogens with two attached hydrogens (primary N) is 1. The lowest BCUT2D eigenvalue weighted by atomic mass is 10.2. The quantitative estimate of drug-likeness (QED) is 0.662. The maximum Gasteiger partial charge on any atom is 0.303 e. The second kappa shape index (κ2) is 6.86. The van der Waals surface area contributed by atoms with E-state index >= 15 is 0 Å². The van der Waals surface area contributed by atoms with E-state index in [2.05, 4.69) is 5.32 Å². The SMILES string of the molecule is NC(=O)c1ccc(NCCCCC(=O)O)cc1Cl. The minimum Gasteiger partial charge on any atom is -0.481 e. The Morgan fingerprint density at radius 2 is 2.06 bits per heavy atom. The highest BCUT2D eigenvalue weighted by Gasteiger charge is 2.06. The van der Waals surface area contributed by atoms with Crippen molar-refractivity contribution >= 4 is 29.2 Å². The van der Waals surface area contributed by atoms with Crippen molar-refractivity contribution in [2.45, 2.75) is 19.3 Å². The molecular formula is C12H15ClN2O3. The third-order valence-electron chi connectivity index (χ3n) is 2.38. The summed E-state index contributed by atoms with van der Waals surface area (Å²) in [6, 6.07) is 4.90. The number of carboxylic acids is 1. The van der Waals surface area contributed by atoms with E-state index in [0.717, 1.165) is 12.1 Å². The van der Waals surface area contributed by atoms with E-state index in [4.69, 9.17) is 22.4 Å². The molecule has 0 aliphatic heterocycles. The number of carboxylic acid groups (broad SMARTS) is 1. The lowest BCUT2D eigenvalue weighted by molar-refractivity contribution is -0.137. The Labute approximate surface area is 110 Å². The van der Waals surface area contributed by atoms with Crippen molar-refractivity contribution in [2.75, 3.05) is 11.9 Å². The summed E-state index contributed by atoms with van der Waals surface area (Å²) in [4.78, 5) is 21.3. The molecule has 0 bridgehead atoms. The molecule has 0 atom stereocenters. The van der Waals surface area contributed by atoms with Crippen LogP contribution in [0.2, 0.25) is 5.02 Å². The highest BCUT2D eigenvalue weighted by atomic mass is 35.5. The third-order valence-corrected chi connectivity index (χ3v) is 2.69. The summed E-state index contributed by atoms with van der Waals surface area (Å²) in [6.07, 6.45) is 1.54. The van der Waals surface area contributed by atoms with Crippen LogP contribution < -0.4 is 11.1 Å². The molecule has 0 fully saturated rings. The molecule has 0 radical (unpaired) electrons. The number of halogens is 1. The van der Waals surface area contributed by atoms with Crippen molar-refractivity contribution in [3.8, 4) is 0 Å². The van der Waals surface area contributed by atoms with E-state index in [0.29, 0.717) is 18.0 Å². The zero-order valence-electron chi connectivity index (χ0n) is 9.78. The Bertz CT molecular complexity index is 449. The number of carbonyl (C=O) groups is 2. The van der Waals surface area contributed by atoms with E-state index in [1.807, 2.05) is 0 Å². The first-order valence-corrected chi connectivity index (χ1v) is 5.93. The van der Waals surface area contributed by atoms with E-state index in [-0.39, 0.29) is 12.0 Å². The summed E-state index contributed by atoms with van der Waals surface area (Å²) in [5, 5.41) is 11.9. The summed E-state index contributed by atoms with van der Waals surface area (Å²) >= 11 is 5.89. The first kappa shape index (κ1) is 14.3. The molecule has 18 heavy (non-hydrogen) atoms. The average molecular weight is 271 g/mol. The maximum atomic E-state index is 11.0. The molecular weight excluding hydrogens is 256 g/mol. The molecule has 0 heterocycles. The van der Waals surface area contributed by atoms with Crippen molar-refractivity contribution in [1.29, 1.82) is 0 Å². The van der Waals surface area contributed by atoms with Crippen LogP contribution in [-0.2, 0) is 4.79 Å². The number of aliphatic carboxylic acids is 1. The number of hydrogen-bond acceptors (Lipinski definition) is 3. The van der Waals surface area contributed by atoms with E-state index in [1.54, 1.807) is 18.2 Å². The predicted molar refractivity (Wildman–Crippen MR) is 69.9 cm³/mol. The Morgan fingerprint density at radius 3 is 2.61 bits per heavy atom. The second-order valence-electron chi connectivity index (χ2n) is 3.84. The summed E-state index contributed by atoms with van der Waals surface area (Å²) in [7, 11) is 0. The van der Waals surface area contributed by atoms with Gasteiger partial charge in [0.25, 0.3) is 0 Å². The number of hydrogen-bond donors (Lipinski definition) is 3. The molecule has 1 rings (SSSR count). The number of carbonyl (C=O) groups excluding carboxylic acids is 1. The van der Waals surface area contributed by atoms with Crippen LogP contribution in [0.4, 0.5) is 5.69 Å². The maximum absolute atomic E-state index is 11.0. The fourth-order valence-electron chi connectivity index (χ4n) is 1.46. The Hall–Kier alpha value is -1.75. The third kappa shape index (κ3) is 4.63. The zero-order valence-corrected chi connectivity index (χ0v) is 10.5. The second-order valence-corrected chi connectivity index (χ2v) is 4.24. The van der Waals surface area contributed by atoms with Crippen molar-refractivity contribution in [2.24, 2.45) is 5.73 Å². The van der Waals surface area contributed by atoms with Crippen LogP contribution in [0.5, 0.6) is 0 Å². The van der Waals surface area contributed by atoms with Gasteiger partial charge >= 0.3 is 5.97 Å². The molecule has 5 nitrogen and oxygen atoms in total. The van der Waals surface area contributed by atoms with E-state index in [1.165, 1.54) is 0 Å². The number of unbranched alkanes of at least 4 members (excludes halogenated alkanes) is 1. The largest absolute Gasteiger partial charge is 0.481 e. The van der Waals surface area contributed by atoms with Gasteiger partial charge in [0.2, 0.25) is 5.91 Å². The lowest BCUT2D eigenvalue weighted by Gasteiger charge is -2.07. The van der Waals surface area contributed by atoms with E-state index < -0.39 is 11.9 Å². The van der Waals surface area contributed by atoms with Gasteiger partial charge in [0.05, 0.1) is 10.6 Å². The van der Waals surface area contributed by atoms with Crippen molar-refractivity contribution in [3.63, 3.8) is 0 Å². The summed E-state index contributed by atoms with van der Waals surface area (Å²) < 4.78 is 0. The fraction of sp³-hybridized carbons (Fsp3) is 0.333. The van der Waals surface area contributed by atoms with Crippen LogP contribution in [0.15, 0.2) is 18.2 Å². The topological polar surface area (TPSA) is 92.4 Å². The standard InChI is InChI=1S/C12H15ClN2O3/c13-10-7-8(4-5-9(10)12(14)18)15-6-2-1-3-11(16)17/h4-5,7,15H,1-3,6H2,(H2,14,18)(H,16,17). The number of nitrogens with one attached hydrogen (secondary N) is 1. The molecule has 1 amide bonds. The summed E-state index contributed by atoms with van der Waals surface area (Å²) in [6.45, 7) is 0.652. The molecule has 0 saturated heterocycles. The van der Waals surface area contributed by atoms with Gasteiger partial charge in [-0.05, 0) is 31.0 Å². The van der Waals surface area contributed by atoms with E-state index in [9.17, 15) is 9.59 Å². The van der Waals surface area contributed by atoms with Gasteiger partial charge in [0, 0.05) is 18.7 Å².